The van der Waals surface area contributed by atoms with Crippen molar-refractivity contribution in [1.29, 1.82) is 0 Å². The van der Waals surface area contributed by atoms with Crippen LogP contribution in [0, 0.1) is 10.1 Å². The number of hydrogen-bond donors (Lipinski definition) is 0. The van der Waals surface area contributed by atoms with E-state index in [0.717, 1.165) is 6.20 Å². The zero-order valence-electron chi connectivity index (χ0n) is 8.47. The maximum Gasteiger partial charge on any atom is 0.399 e. The Hall–Kier alpha value is -1.92. The summed E-state index contributed by atoms with van der Waals surface area (Å²) in [6, 6.07) is 0. The fourth-order valence-electron chi connectivity index (χ4n) is 1.18. The minimum atomic E-state index is -0.646. The van der Waals surface area contributed by atoms with Gasteiger partial charge in [0.15, 0.2) is 0 Å². The Morgan fingerprint density at radius 3 is 2.80 bits per heavy atom. The van der Waals surface area contributed by atoms with Crippen LogP contribution >= 0.6 is 0 Å². The van der Waals surface area contributed by atoms with Gasteiger partial charge in [-0.3, -0.25) is 0 Å². The molecule has 0 aliphatic heterocycles. The normalized spacial score (nSPS) is 10.0. The molecule has 0 radical (unpaired) electrons. The van der Waals surface area contributed by atoms with Gasteiger partial charge >= 0.3 is 17.6 Å². The van der Waals surface area contributed by atoms with Crippen molar-refractivity contribution >= 4 is 11.8 Å². The first-order valence-corrected chi connectivity index (χ1v) is 4.48. The van der Waals surface area contributed by atoms with Crippen LogP contribution < -0.4 is 0 Å². The third-order valence-electron chi connectivity index (χ3n) is 1.80. The fourth-order valence-corrected chi connectivity index (χ4v) is 1.18. The van der Waals surface area contributed by atoms with Crippen LogP contribution in [0.1, 0.15) is 24.5 Å². The van der Waals surface area contributed by atoms with Crippen LogP contribution in [0.15, 0.2) is 6.20 Å². The zero-order valence-corrected chi connectivity index (χ0v) is 8.47. The summed E-state index contributed by atoms with van der Waals surface area (Å²) in [6.07, 6.45) is 1.05. The van der Waals surface area contributed by atoms with Gasteiger partial charge in [0, 0.05) is 0 Å². The molecule has 0 aliphatic rings. The first-order chi connectivity index (χ1) is 7.11. The Balaban J connectivity index is 3.09. The second-order valence-electron chi connectivity index (χ2n) is 2.66. The van der Waals surface area contributed by atoms with Gasteiger partial charge in [0.05, 0.1) is 13.2 Å². The van der Waals surface area contributed by atoms with Gasteiger partial charge in [0.25, 0.3) is 0 Å². The van der Waals surface area contributed by atoms with Gasteiger partial charge in [0.1, 0.15) is 6.20 Å². The molecule has 0 spiro atoms. The van der Waals surface area contributed by atoms with Crippen LogP contribution in [0.4, 0.5) is 5.82 Å². The van der Waals surface area contributed by atoms with Crippen molar-refractivity contribution < 1.29 is 14.5 Å². The number of rotatable bonds is 4. The monoisotopic (exact) mass is 213 g/mol. The highest BCUT2D eigenvalue weighted by Crippen LogP contribution is 2.14. The number of aromatic nitrogens is 2. The Kier molecular flexibility index (Phi) is 3.37. The van der Waals surface area contributed by atoms with E-state index >= 15 is 0 Å². The van der Waals surface area contributed by atoms with E-state index in [0.29, 0.717) is 6.54 Å². The molecule has 7 heteroatoms. The lowest BCUT2D eigenvalue weighted by Crippen LogP contribution is -2.14. The summed E-state index contributed by atoms with van der Waals surface area (Å²) in [6.45, 7) is 3.86. The summed E-state index contributed by atoms with van der Waals surface area (Å²) < 4.78 is 5.92. The molecule has 82 valence electrons. The third kappa shape index (κ3) is 2.12. The van der Waals surface area contributed by atoms with E-state index in [2.05, 4.69) is 4.98 Å². The second kappa shape index (κ2) is 4.54. The Labute approximate surface area is 85.8 Å². The van der Waals surface area contributed by atoms with Gasteiger partial charge in [-0.05, 0) is 18.8 Å². The van der Waals surface area contributed by atoms with Crippen LogP contribution in [-0.4, -0.2) is 27.1 Å². The molecule has 0 amide bonds. The van der Waals surface area contributed by atoms with E-state index in [4.69, 9.17) is 4.74 Å². The van der Waals surface area contributed by atoms with Crippen LogP contribution in [-0.2, 0) is 11.3 Å². The highest BCUT2D eigenvalue weighted by atomic mass is 16.6. The van der Waals surface area contributed by atoms with Crippen LogP contribution in [0.2, 0.25) is 0 Å². The number of carbonyl (C=O) groups is 1. The summed E-state index contributed by atoms with van der Waals surface area (Å²) in [4.78, 5) is 25.0. The van der Waals surface area contributed by atoms with Gasteiger partial charge in [-0.25, -0.2) is 14.3 Å². The Morgan fingerprint density at radius 1 is 1.67 bits per heavy atom. The molecule has 0 atom stereocenters. The molecule has 1 heterocycles. The molecule has 0 unspecified atom stereocenters. The molecule has 0 saturated carbocycles. The average Bonchev–Trinajstić information content (AvgIpc) is 2.61. The summed E-state index contributed by atoms with van der Waals surface area (Å²) in [5.74, 6) is -0.890. The standard InChI is InChI=1S/C8H11N3O4/c1-3-10-6(11(13)14)5-9-7(10)8(12)15-4-2/h5H,3-4H2,1-2H3. The number of nitro groups is 1. The number of hydrogen-bond acceptors (Lipinski definition) is 5. The fraction of sp³-hybridized carbons (Fsp3) is 0.500. The summed E-state index contributed by atoms with van der Waals surface area (Å²) in [5, 5.41) is 10.6. The molecule has 1 rings (SSSR count). The molecule has 0 aromatic carbocycles. The first kappa shape index (κ1) is 11.2. The van der Waals surface area contributed by atoms with Crippen LogP contribution in [0.25, 0.3) is 0 Å². The lowest BCUT2D eigenvalue weighted by atomic mass is 10.5. The molecule has 1 aromatic heterocycles. The Bertz CT molecular complexity index is 385. The van der Waals surface area contributed by atoms with E-state index < -0.39 is 10.9 Å². The molecular formula is C8H11N3O4. The number of esters is 1. The van der Waals surface area contributed by atoms with Crippen molar-refractivity contribution in [2.75, 3.05) is 6.61 Å². The topological polar surface area (TPSA) is 87.3 Å². The lowest BCUT2D eigenvalue weighted by molar-refractivity contribution is -0.392. The molecule has 7 nitrogen and oxygen atoms in total. The minimum Gasteiger partial charge on any atom is -0.459 e. The molecule has 15 heavy (non-hydrogen) atoms. The largest absolute Gasteiger partial charge is 0.459 e. The first-order valence-electron chi connectivity index (χ1n) is 4.48. The predicted molar refractivity (Wildman–Crippen MR) is 50.5 cm³/mol. The smallest absolute Gasteiger partial charge is 0.399 e. The molecule has 1 aromatic rings. The summed E-state index contributed by atoms with van der Waals surface area (Å²) in [7, 11) is 0. The number of nitrogens with zero attached hydrogens (tertiary/aromatic N) is 3. The molecule has 0 bridgehead atoms. The van der Waals surface area contributed by atoms with E-state index in [-0.39, 0.29) is 18.2 Å². The van der Waals surface area contributed by atoms with E-state index in [1.54, 1.807) is 13.8 Å². The van der Waals surface area contributed by atoms with Gasteiger partial charge in [0.2, 0.25) is 0 Å². The highest BCUT2D eigenvalue weighted by molar-refractivity contribution is 5.86. The van der Waals surface area contributed by atoms with Crippen molar-refractivity contribution in [2.24, 2.45) is 0 Å². The number of ether oxygens (including phenoxy) is 1. The number of imidazole rings is 1. The molecule has 0 saturated heterocycles. The molecule has 0 aliphatic carbocycles. The van der Waals surface area contributed by atoms with Gasteiger partial charge in [-0.1, -0.05) is 0 Å². The SMILES string of the molecule is CCOC(=O)c1ncc([N+](=O)[O-])n1CC. The lowest BCUT2D eigenvalue weighted by Gasteiger charge is -2.00. The Morgan fingerprint density at radius 2 is 2.33 bits per heavy atom. The van der Waals surface area contributed by atoms with Crippen LogP contribution in [0.5, 0.6) is 0 Å². The van der Waals surface area contributed by atoms with Crippen molar-refractivity contribution in [3.8, 4) is 0 Å². The van der Waals surface area contributed by atoms with Crippen LogP contribution in [0.3, 0.4) is 0 Å². The average molecular weight is 213 g/mol. The van der Waals surface area contributed by atoms with Crippen molar-refractivity contribution in [3.63, 3.8) is 0 Å². The summed E-state index contributed by atoms with van der Waals surface area (Å²) in [5.41, 5.74) is 0. The van der Waals surface area contributed by atoms with Gasteiger partial charge < -0.3 is 14.9 Å². The number of carbonyl (C=O) groups excluding carboxylic acids is 1. The predicted octanol–water partition coefficient (Wildman–Crippen LogP) is 0.988. The van der Waals surface area contributed by atoms with E-state index in [1.165, 1.54) is 4.57 Å². The highest BCUT2D eigenvalue weighted by Gasteiger charge is 2.25. The maximum absolute atomic E-state index is 11.3. The quantitative estimate of drug-likeness (QED) is 0.422. The van der Waals surface area contributed by atoms with Gasteiger partial charge in [-0.2, -0.15) is 0 Å². The second-order valence-corrected chi connectivity index (χ2v) is 2.66. The molecule has 0 N–H and O–H groups in total. The summed E-state index contributed by atoms with van der Waals surface area (Å²) >= 11 is 0. The van der Waals surface area contributed by atoms with E-state index in [1.807, 2.05) is 0 Å². The minimum absolute atomic E-state index is 0.0361. The van der Waals surface area contributed by atoms with Gasteiger partial charge in [-0.15, -0.1) is 0 Å². The van der Waals surface area contributed by atoms with Crippen molar-refractivity contribution in [1.82, 2.24) is 9.55 Å². The van der Waals surface area contributed by atoms with Crippen molar-refractivity contribution in [2.45, 2.75) is 20.4 Å². The molecule has 0 fully saturated rings. The third-order valence-corrected chi connectivity index (χ3v) is 1.80. The molecular weight excluding hydrogens is 202 g/mol. The van der Waals surface area contributed by atoms with Crippen molar-refractivity contribution in [3.05, 3.63) is 22.1 Å². The maximum atomic E-state index is 11.3. The zero-order chi connectivity index (χ0) is 11.4. The van der Waals surface area contributed by atoms with E-state index in [9.17, 15) is 14.9 Å².